The Kier molecular flexibility index (Phi) is 5.08. The summed E-state index contributed by atoms with van der Waals surface area (Å²) in [7, 11) is 0. The van der Waals surface area contributed by atoms with Crippen LogP contribution in [-0.2, 0) is 18.4 Å². The summed E-state index contributed by atoms with van der Waals surface area (Å²) >= 11 is 0. The van der Waals surface area contributed by atoms with Crippen molar-refractivity contribution in [2.75, 3.05) is 31.1 Å². The molecule has 9 heteroatoms. The van der Waals surface area contributed by atoms with Gasteiger partial charge in [0.25, 0.3) is 0 Å². The number of nitriles is 1. The quantitative estimate of drug-likeness (QED) is 0.539. The summed E-state index contributed by atoms with van der Waals surface area (Å²) in [6.45, 7) is 4.59. The summed E-state index contributed by atoms with van der Waals surface area (Å²) in [5.74, 6) is 0.714. The van der Waals surface area contributed by atoms with Crippen LogP contribution in [-0.4, -0.2) is 51.9 Å². The van der Waals surface area contributed by atoms with E-state index in [2.05, 4.69) is 50.2 Å². The highest BCUT2D eigenvalue weighted by Crippen LogP contribution is 2.47. The lowest BCUT2D eigenvalue weighted by molar-refractivity contribution is -0.127. The highest BCUT2D eigenvalue weighted by Gasteiger charge is 2.45. The van der Waals surface area contributed by atoms with Crippen molar-refractivity contribution < 1.29 is 13.2 Å². The van der Waals surface area contributed by atoms with E-state index in [1.165, 1.54) is 22.6 Å². The third-order valence-electron chi connectivity index (χ3n) is 7.98. The normalized spacial score (nSPS) is 23.9. The number of fused-ring (bicyclic) bond motifs is 1. The number of anilines is 1. The molecule has 35 heavy (non-hydrogen) atoms. The van der Waals surface area contributed by atoms with E-state index in [1.807, 2.05) is 0 Å². The van der Waals surface area contributed by atoms with Crippen LogP contribution < -0.4 is 4.90 Å². The number of hydrogen-bond acceptors (Lipinski definition) is 5. The molecule has 2 aromatic heterocycles. The fourth-order valence-corrected chi connectivity index (χ4v) is 5.93. The second kappa shape index (κ2) is 7.95. The zero-order valence-electron chi connectivity index (χ0n) is 19.4. The number of alkyl halides is 3. The topological polar surface area (TPSA) is 60.5 Å². The van der Waals surface area contributed by atoms with Gasteiger partial charge in [-0.05, 0) is 55.0 Å². The molecule has 3 aromatic rings. The lowest BCUT2D eigenvalue weighted by Crippen LogP contribution is -2.31. The smallest absolute Gasteiger partial charge is 0.354 e. The van der Waals surface area contributed by atoms with Crippen LogP contribution in [0.15, 0.2) is 42.9 Å². The molecule has 0 N–H and O–H groups in total. The maximum absolute atomic E-state index is 12.9. The standard InChI is InChI=1S/C26H27F3N6/c27-26(28,29)12-20-11-22-23(31-18-32-35(22)14-20)34-10-8-24(17-34)7-9-33(16-24)13-19-1-3-21(4-2-19)25(15-30)5-6-25/h1-4,11,14,18H,5-10,12-13,16-17H2. The van der Waals surface area contributed by atoms with E-state index in [0.29, 0.717) is 11.3 Å². The van der Waals surface area contributed by atoms with Crippen molar-refractivity contribution in [2.45, 2.75) is 50.2 Å². The molecule has 1 unspecified atom stereocenters. The summed E-state index contributed by atoms with van der Waals surface area (Å²) in [5.41, 5.74) is 3.15. The molecule has 1 aliphatic carbocycles. The average molecular weight is 481 g/mol. The van der Waals surface area contributed by atoms with Gasteiger partial charge >= 0.3 is 6.18 Å². The Bertz CT molecular complexity index is 1290. The number of nitrogens with zero attached hydrogens (tertiary/aromatic N) is 6. The van der Waals surface area contributed by atoms with Crippen molar-refractivity contribution in [2.24, 2.45) is 5.41 Å². The molecule has 1 aromatic carbocycles. The second-order valence-corrected chi connectivity index (χ2v) is 10.6. The van der Waals surface area contributed by atoms with Crippen LogP contribution in [0.4, 0.5) is 19.0 Å². The van der Waals surface area contributed by atoms with Gasteiger partial charge in [0.05, 0.1) is 17.9 Å². The molecule has 1 spiro atoms. The number of likely N-dealkylation sites (tertiary alicyclic amines) is 1. The summed E-state index contributed by atoms with van der Waals surface area (Å²) in [4.78, 5) is 9.16. The third kappa shape index (κ3) is 4.25. The fraction of sp³-hybridized carbons (Fsp3) is 0.500. The Morgan fingerprint density at radius 1 is 1.00 bits per heavy atom. The van der Waals surface area contributed by atoms with Gasteiger partial charge in [-0.1, -0.05) is 24.3 Å². The lowest BCUT2D eigenvalue weighted by Gasteiger charge is -2.25. The molecule has 0 amide bonds. The second-order valence-electron chi connectivity index (χ2n) is 10.6. The van der Waals surface area contributed by atoms with Crippen LogP contribution >= 0.6 is 0 Å². The number of rotatable bonds is 5. The molecule has 0 bridgehead atoms. The Labute approximate surface area is 202 Å². The van der Waals surface area contributed by atoms with Crippen molar-refractivity contribution in [3.05, 3.63) is 59.5 Å². The minimum Gasteiger partial charge on any atom is -0.354 e. The number of hydrogen-bond donors (Lipinski definition) is 0. The Morgan fingerprint density at radius 3 is 2.49 bits per heavy atom. The molecule has 1 atom stereocenters. The monoisotopic (exact) mass is 480 g/mol. The molecule has 3 aliphatic rings. The van der Waals surface area contributed by atoms with Gasteiger partial charge in [0.1, 0.15) is 11.8 Å². The van der Waals surface area contributed by atoms with Gasteiger partial charge in [-0.3, -0.25) is 4.90 Å². The van der Waals surface area contributed by atoms with Crippen molar-refractivity contribution in [3.8, 4) is 6.07 Å². The van der Waals surface area contributed by atoms with Crippen molar-refractivity contribution in [3.63, 3.8) is 0 Å². The maximum Gasteiger partial charge on any atom is 0.393 e. The summed E-state index contributed by atoms with van der Waals surface area (Å²) in [5, 5.41) is 13.5. The fourth-order valence-electron chi connectivity index (χ4n) is 5.93. The molecule has 4 heterocycles. The highest BCUT2D eigenvalue weighted by molar-refractivity contribution is 5.70. The Hall–Kier alpha value is -3.12. The van der Waals surface area contributed by atoms with Crippen LogP contribution in [0, 0.1) is 16.7 Å². The highest BCUT2D eigenvalue weighted by atomic mass is 19.4. The van der Waals surface area contributed by atoms with Crippen molar-refractivity contribution in [1.82, 2.24) is 19.5 Å². The van der Waals surface area contributed by atoms with E-state index >= 15 is 0 Å². The average Bonchev–Trinajstić information content (AvgIpc) is 3.13. The van der Waals surface area contributed by atoms with Crippen LogP contribution in [0.2, 0.25) is 0 Å². The predicted octanol–water partition coefficient (Wildman–Crippen LogP) is 4.49. The van der Waals surface area contributed by atoms with Gasteiger partial charge < -0.3 is 4.90 Å². The number of benzene rings is 1. The zero-order valence-corrected chi connectivity index (χ0v) is 19.4. The zero-order chi connectivity index (χ0) is 24.3. The van der Waals surface area contributed by atoms with E-state index in [9.17, 15) is 18.4 Å². The van der Waals surface area contributed by atoms with Crippen LogP contribution in [0.1, 0.15) is 42.4 Å². The molecular weight excluding hydrogens is 453 g/mol. The molecular formula is C26H27F3N6. The molecule has 0 radical (unpaired) electrons. The number of halogens is 3. The molecule has 3 fully saturated rings. The maximum atomic E-state index is 12.9. The first-order valence-corrected chi connectivity index (χ1v) is 12.1. The first-order chi connectivity index (χ1) is 16.8. The van der Waals surface area contributed by atoms with Crippen molar-refractivity contribution >= 4 is 11.3 Å². The van der Waals surface area contributed by atoms with E-state index in [1.54, 1.807) is 6.07 Å². The summed E-state index contributed by atoms with van der Waals surface area (Å²) in [6, 6.07) is 12.6. The molecule has 182 valence electrons. The van der Waals surface area contributed by atoms with Crippen molar-refractivity contribution in [1.29, 1.82) is 5.26 Å². The molecule has 2 aliphatic heterocycles. The van der Waals surface area contributed by atoms with Crippen LogP contribution in [0.3, 0.4) is 0 Å². The largest absolute Gasteiger partial charge is 0.393 e. The number of aromatic nitrogens is 3. The molecule has 6 nitrogen and oxygen atoms in total. The molecule has 1 saturated carbocycles. The van der Waals surface area contributed by atoms with Gasteiger partial charge in [0, 0.05) is 37.8 Å². The third-order valence-corrected chi connectivity index (χ3v) is 7.98. The summed E-state index contributed by atoms with van der Waals surface area (Å²) < 4.78 is 40.2. The van der Waals surface area contributed by atoms with E-state index in [0.717, 1.165) is 64.0 Å². The SMILES string of the molecule is N#CC1(c2ccc(CN3CCC4(CCN(c5ncnn6cc(CC(F)(F)F)cc56)C4)C3)cc2)CC1. The van der Waals surface area contributed by atoms with Gasteiger partial charge in [0.2, 0.25) is 0 Å². The lowest BCUT2D eigenvalue weighted by atomic mass is 9.86. The van der Waals surface area contributed by atoms with Gasteiger partial charge in [0.15, 0.2) is 5.82 Å². The van der Waals surface area contributed by atoms with Crippen LogP contribution in [0.25, 0.3) is 5.52 Å². The summed E-state index contributed by atoms with van der Waals surface area (Å²) in [6.07, 6.45) is 1.71. The molecule has 2 saturated heterocycles. The van der Waals surface area contributed by atoms with E-state index in [4.69, 9.17) is 0 Å². The van der Waals surface area contributed by atoms with E-state index in [-0.39, 0.29) is 16.4 Å². The first-order valence-electron chi connectivity index (χ1n) is 12.1. The Morgan fingerprint density at radius 2 is 1.77 bits per heavy atom. The Balaban J connectivity index is 1.13. The van der Waals surface area contributed by atoms with E-state index < -0.39 is 12.6 Å². The van der Waals surface area contributed by atoms with Gasteiger partial charge in [-0.2, -0.15) is 23.5 Å². The van der Waals surface area contributed by atoms with Crippen LogP contribution in [0.5, 0.6) is 0 Å². The molecule has 6 rings (SSSR count). The minimum absolute atomic E-state index is 0.169. The van der Waals surface area contributed by atoms with Gasteiger partial charge in [-0.15, -0.1) is 0 Å². The first kappa shape index (κ1) is 22.4. The van der Waals surface area contributed by atoms with Gasteiger partial charge in [-0.25, -0.2) is 9.50 Å². The minimum atomic E-state index is -4.25. The predicted molar refractivity (Wildman–Crippen MR) is 125 cm³/mol.